The summed E-state index contributed by atoms with van der Waals surface area (Å²) in [6, 6.07) is 4.20. The quantitative estimate of drug-likeness (QED) is 0.659. The Morgan fingerprint density at radius 1 is 1.12 bits per heavy atom. The van der Waals surface area contributed by atoms with E-state index in [1.807, 2.05) is 0 Å². The molecule has 0 spiro atoms. The monoisotopic (exact) mass is 314 g/mol. The first-order chi connectivity index (χ1) is 7.56. The van der Waals surface area contributed by atoms with Crippen molar-refractivity contribution in [2.24, 2.45) is 0 Å². The van der Waals surface area contributed by atoms with Gasteiger partial charge in [0.2, 0.25) is 0 Å². The fourth-order valence-electron chi connectivity index (χ4n) is 1.29. The highest BCUT2D eigenvalue weighted by molar-refractivity contribution is 9.10. The molecule has 0 atom stereocenters. The lowest BCUT2D eigenvalue weighted by Gasteiger charge is -2.37. The summed E-state index contributed by atoms with van der Waals surface area (Å²) < 4.78 is 7.46. The second-order valence-electron chi connectivity index (χ2n) is 6.18. The Hall–Kier alpha value is -0.283. The number of halogens is 1. The zero-order valence-electron chi connectivity index (χ0n) is 11.9. The summed E-state index contributed by atoms with van der Waals surface area (Å²) in [5, 5.41) is 0.225. The summed E-state index contributed by atoms with van der Waals surface area (Å²) in [4.78, 5) is 0. The van der Waals surface area contributed by atoms with Crippen molar-refractivity contribution in [2.75, 3.05) is 0 Å². The topological polar surface area (TPSA) is 9.23 Å². The van der Waals surface area contributed by atoms with Gasteiger partial charge in [-0.15, -0.1) is 0 Å². The van der Waals surface area contributed by atoms with Gasteiger partial charge in [-0.1, -0.05) is 26.8 Å². The summed E-state index contributed by atoms with van der Waals surface area (Å²) in [6.07, 6.45) is 0. The van der Waals surface area contributed by atoms with Crippen molar-refractivity contribution in [2.45, 2.75) is 52.8 Å². The van der Waals surface area contributed by atoms with Crippen molar-refractivity contribution in [1.29, 1.82) is 0 Å². The van der Waals surface area contributed by atoms with Crippen molar-refractivity contribution in [3.63, 3.8) is 0 Å². The highest BCUT2D eigenvalue weighted by atomic mass is 79.9. The van der Waals surface area contributed by atoms with Crippen LogP contribution in [0.1, 0.15) is 31.9 Å². The molecule has 96 valence electrons. The molecule has 1 nitrogen and oxygen atoms in total. The highest BCUT2D eigenvalue weighted by Gasteiger charge is 2.39. The molecule has 0 fully saturated rings. The normalized spacial score (nSPS) is 12.7. The van der Waals surface area contributed by atoms with Gasteiger partial charge in [-0.3, -0.25) is 0 Å². The Kier molecular flexibility index (Phi) is 4.15. The molecular formula is C14H23BrOSi. The maximum atomic E-state index is 6.40. The molecular weight excluding hydrogens is 292 g/mol. The summed E-state index contributed by atoms with van der Waals surface area (Å²) in [5.41, 5.74) is 2.52. The molecule has 0 aromatic heterocycles. The van der Waals surface area contributed by atoms with Crippen LogP contribution < -0.4 is 4.43 Å². The molecule has 1 aromatic rings. The molecule has 0 saturated carbocycles. The fraction of sp³-hybridized carbons (Fsp3) is 0.571. The van der Waals surface area contributed by atoms with E-state index < -0.39 is 8.32 Å². The van der Waals surface area contributed by atoms with Gasteiger partial charge in [-0.05, 0) is 65.1 Å². The largest absolute Gasteiger partial charge is 0.543 e. The van der Waals surface area contributed by atoms with Crippen LogP contribution in [0, 0.1) is 13.8 Å². The number of hydrogen-bond donors (Lipinski definition) is 0. The van der Waals surface area contributed by atoms with Gasteiger partial charge < -0.3 is 4.43 Å². The zero-order chi connectivity index (χ0) is 13.4. The smallest absolute Gasteiger partial charge is 0.250 e. The minimum atomic E-state index is -1.76. The van der Waals surface area contributed by atoms with E-state index in [4.69, 9.17) is 4.43 Å². The van der Waals surface area contributed by atoms with E-state index >= 15 is 0 Å². The van der Waals surface area contributed by atoms with Gasteiger partial charge in [0.1, 0.15) is 5.75 Å². The van der Waals surface area contributed by atoms with Crippen LogP contribution in [0.3, 0.4) is 0 Å². The molecule has 0 radical (unpaired) electrons. The third kappa shape index (κ3) is 3.13. The van der Waals surface area contributed by atoms with E-state index in [1.54, 1.807) is 0 Å². The van der Waals surface area contributed by atoms with Crippen LogP contribution in [-0.4, -0.2) is 8.32 Å². The molecule has 0 bridgehead atoms. The van der Waals surface area contributed by atoms with Crippen LogP contribution >= 0.6 is 15.9 Å². The summed E-state index contributed by atoms with van der Waals surface area (Å²) in [7, 11) is -1.76. The predicted molar refractivity (Wildman–Crippen MR) is 81.4 cm³/mol. The Morgan fingerprint density at radius 2 is 1.65 bits per heavy atom. The fourth-order valence-corrected chi connectivity index (χ4v) is 3.03. The Labute approximate surface area is 115 Å². The second-order valence-corrected chi connectivity index (χ2v) is 11.8. The lowest BCUT2D eigenvalue weighted by Crippen LogP contribution is -2.44. The molecule has 1 rings (SSSR count). The first-order valence-corrected chi connectivity index (χ1v) is 9.71. The van der Waals surface area contributed by atoms with Crippen LogP contribution in [0.2, 0.25) is 18.1 Å². The highest BCUT2D eigenvalue weighted by Crippen LogP contribution is 2.40. The minimum absolute atomic E-state index is 0.225. The average Bonchev–Trinajstić information content (AvgIpc) is 2.17. The number of aryl methyl sites for hydroxylation is 1. The average molecular weight is 315 g/mol. The van der Waals surface area contributed by atoms with Crippen molar-refractivity contribution in [1.82, 2.24) is 0 Å². The lowest BCUT2D eigenvalue weighted by atomic mass is 10.1. The Balaban J connectivity index is 3.16. The molecule has 3 heteroatoms. The van der Waals surface area contributed by atoms with Crippen molar-refractivity contribution in [3.05, 3.63) is 27.7 Å². The predicted octanol–water partition coefficient (Wildman–Crippen LogP) is 5.45. The Bertz CT molecular complexity index is 419. The molecule has 17 heavy (non-hydrogen) atoms. The van der Waals surface area contributed by atoms with Crippen LogP contribution in [0.15, 0.2) is 16.6 Å². The maximum Gasteiger partial charge on any atom is 0.250 e. The van der Waals surface area contributed by atoms with Gasteiger partial charge in [0.15, 0.2) is 0 Å². The molecule has 0 N–H and O–H groups in total. The van der Waals surface area contributed by atoms with Gasteiger partial charge >= 0.3 is 0 Å². The molecule has 0 heterocycles. The SMILES string of the molecule is Cc1ccc(Br)c(O[Si](C)(C)C(C)(C)C)c1C. The molecule has 0 aliphatic carbocycles. The zero-order valence-corrected chi connectivity index (χ0v) is 14.5. The summed E-state index contributed by atoms with van der Waals surface area (Å²) >= 11 is 3.60. The van der Waals surface area contributed by atoms with Crippen molar-refractivity contribution >= 4 is 24.2 Å². The maximum absolute atomic E-state index is 6.40. The first-order valence-electron chi connectivity index (χ1n) is 6.01. The van der Waals surface area contributed by atoms with E-state index in [2.05, 4.69) is 75.8 Å². The van der Waals surface area contributed by atoms with Crippen molar-refractivity contribution in [3.8, 4) is 5.75 Å². The summed E-state index contributed by atoms with van der Waals surface area (Å²) in [5.74, 6) is 1.02. The first kappa shape index (κ1) is 14.8. The van der Waals surface area contributed by atoms with Gasteiger partial charge in [-0.25, -0.2) is 0 Å². The van der Waals surface area contributed by atoms with Gasteiger partial charge in [-0.2, -0.15) is 0 Å². The van der Waals surface area contributed by atoms with Gasteiger partial charge in [0.25, 0.3) is 8.32 Å². The number of benzene rings is 1. The van der Waals surface area contributed by atoms with Crippen LogP contribution in [0.4, 0.5) is 0 Å². The van der Waals surface area contributed by atoms with E-state index in [0.29, 0.717) is 0 Å². The summed E-state index contributed by atoms with van der Waals surface area (Å²) in [6.45, 7) is 15.6. The van der Waals surface area contributed by atoms with Crippen molar-refractivity contribution < 1.29 is 4.43 Å². The third-order valence-electron chi connectivity index (χ3n) is 3.79. The Morgan fingerprint density at radius 3 is 2.12 bits per heavy atom. The standard InChI is InChI=1S/C14H23BrOSi/c1-10-8-9-12(15)13(11(10)2)16-17(6,7)14(3,4)5/h8-9H,1-7H3. The van der Waals surface area contributed by atoms with E-state index in [1.165, 1.54) is 11.1 Å². The van der Waals surface area contributed by atoms with Crippen LogP contribution in [0.25, 0.3) is 0 Å². The number of rotatable bonds is 2. The van der Waals surface area contributed by atoms with Gasteiger partial charge in [0, 0.05) is 0 Å². The molecule has 1 aromatic carbocycles. The lowest BCUT2D eigenvalue weighted by molar-refractivity contribution is 0.486. The molecule has 0 amide bonds. The molecule has 0 aliphatic heterocycles. The van der Waals surface area contributed by atoms with Crippen LogP contribution in [0.5, 0.6) is 5.75 Å². The molecule has 0 unspecified atom stereocenters. The van der Waals surface area contributed by atoms with Crippen LogP contribution in [-0.2, 0) is 0 Å². The van der Waals surface area contributed by atoms with Gasteiger partial charge in [0.05, 0.1) is 4.47 Å². The van der Waals surface area contributed by atoms with E-state index in [0.717, 1.165) is 10.2 Å². The van der Waals surface area contributed by atoms with E-state index in [9.17, 15) is 0 Å². The van der Waals surface area contributed by atoms with E-state index in [-0.39, 0.29) is 5.04 Å². The second kappa shape index (κ2) is 4.77. The molecule has 0 aliphatic rings. The minimum Gasteiger partial charge on any atom is -0.543 e. The number of hydrogen-bond acceptors (Lipinski definition) is 1. The molecule has 0 saturated heterocycles. The third-order valence-corrected chi connectivity index (χ3v) is 8.74.